The second-order valence-corrected chi connectivity index (χ2v) is 5.20. The molecule has 0 bridgehead atoms. The monoisotopic (exact) mass is 248 g/mol. The average Bonchev–Trinajstić information content (AvgIpc) is 1.52. The van der Waals surface area contributed by atoms with E-state index in [1.54, 1.807) is 0 Å². The highest BCUT2D eigenvalue weighted by Gasteiger charge is 2.50. The van der Waals surface area contributed by atoms with Gasteiger partial charge in [0.2, 0.25) is 0 Å². The molecule has 0 unspecified atom stereocenters. The van der Waals surface area contributed by atoms with Crippen molar-refractivity contribution in [3.05, 3.63) is 0 Å². The summed E-state index contributed by atoms with van der Waals surface area (Å²) < 4.78 is 75.8. The lowest BCUT2D eigenvalue weighted by molar-refractivity contribution is -0.0497. The summed E-state index contributed by atoms with van der Waals surface area (Å²) in [4.78, 5) is 0. The number of rotatable bonds is 2. The SMILES string of the molecule is O=S(=O)(Cl)OS(=O)(=O)C(F)(F)F. The van der Waals surface area contributed by atoms with Gasteiger partial charge in [0, 0.05) is 0 Å². The molecule has 0 aromatic carbocycles. The Hall–Kier alpha value is -0.0600. The van der Waals surface area contributed by atoms with E-state index in [0.717, 1.165) is 0 Å². The summed E-state index contributed by atoms with van der Waals surface area (Å²) in [6.45, 7) is 0. The minimum atomic E-state index is -6.18. The van der Waals surface area contributed by atoms with E-state index in [2.05, 4.69) is 14.3 Å². The molecular formula is CClF3O5S2. The molecule has 0 saturated heterocycles. The number of hydrogen-bond donors (Lipinski definition) is 0. The Bertz CT molecular complexity index is 349. The quantitative estimate of drug-likeness (QED) is 0.520. The van der Waals surface area contributed by atoms with Gasteiger partial charge in [-0.1, -0.05) is 0 Å². The molecule has 0 fully saturated rings. The summed E-state index contributed by atoms with van der Waals surface area (Å²) in [6.07, 6.45) is 0. The Kier molecular flexibility index (Phi) is 3.00. The lowest BCUT2D eigenvalue weighted by Gasteiger charge is -2.03. The summed E-state index contributed by atoms with van der Waals surface area (Å²) in [6, 6.07) is 0. The van der Waals surface area contributed by atoms with Crippen LogP contribution in [-0.4, -0.2) is 22.3 Å². The molecule has 0 N–H and O–H groups in total. The maximum absolute atomic E-state index is 11.3. The third-order valence-corrected chi connectivity index (χ3v) is 2.85. The maximum Gasteiger partial charge on any atom is 0.524 e. The maximum atomic E-state index is 11.3. The third-order valence-electron chi connectivity index (χ3n) is 0.454. The summed E-state index contributed by atoms with van der Waals surface area (Å²) in [5, 5.41) is 0. The van der Waals surface area contributed by atoms with E-state index in [1.165, 1.54) is 0 Å². The molecule has 0 heterocycles. The molecule has 11 heteroatoms. The predicted molar refractivity (Wildman–Crippen MR) is 30.8 cm³/mol. The fourth-order valence-electron chi connectivity index (χ4n) is 0.146. The molecule has 0 aliphatic carbocycles. The lowest BCUT2D eigenvalue weighted by Crippen LogP contribution is -2.26. The largest absolute Gasteiger partial charge is 0.524 e. The Morgan fingerprint density at radius 3 is 1.50 bits per heavy atom. The van der Waals surface area contributed by atoms with Gasteiger partial charge in [0.05, 0.1) is 10.7 Å². The summed E-state index contributed by atoms with van der Waals surface area (Å²) in [7, 11) is -7.28. The molecule has 5 nitrogen and oxygen atoms in total. The standard InChI is InChI=1S/CClF3O5S2/c2-12(8,9)10-11(6,7)1(3,4)5. The summed E-state index contributed by atoms with van der Waals surface area (Å²) >= 11 is 0. The van der Waals surface area contributed by atoms with E-state index in [0.29, 0.717) is 0 Å². The van der Waals surface area contributed by atoms with Crippen LogP contribution in [0, 0.1) is 0 Å². The van der Waals surface area contributed by atoms with Crippen LogP contribution in [0.2, 0.25) is 0 Å². The predicted octanol–water partition coefficient (Wildman–Crippen LogP) is 0.336. The molecule has 12 heavy (non-hydrogen) atoms. The van der Waals surface area contributed by atoms with Crippen LogP contribution < -0.4 is 0 Å². The van der Waals surface area contributed by atoms with Crippen LogP contribution in [0.3, 0.4) is 0 Å². The van der Waals surface area contributed by atoms with Gasteiger partial charge < -0.3 is 0 Å². The highest BCUT2D eigenvalue weighted by Crippen LogP contribution is 2.26. The first-order chi connectivity index (χ1) is 4.96. The smallest absolute Gasteiger partial charge is 0.188 e. The molecule has 0 aliphatic rings. The highest BCUT2D eigenvalue weighted by atomic mass is 35.7. The molecule has 0 atom stereocenters. The second-order valence-electron chi connectivity index (χ2n) is 1.36. The van der Waals surface area contributed by atoms with Crippen molar-refractivity contribution in [3.8, 4) is 0 Å². The zero-order valence-corrected chi connectivity index (χ0v) is 7.26. The van der Waals surface area contributed by atoms with Crippen LogP contribution in [0.25, 0.3) is 0 Å². The first-order valence-corrected chi connectivity index (χ1v) is 5.57. The average molecular weight is 249 g/mol. The van der Waals surface area contributed by atoms with Crippen molar-refractivity contribution >= 4 is 30.1 Å². The van der Waals surface area contributed by atoms with Crippen molar-refractivity contribution < 1.29 is 33.6 Å². The lowest BCUT2D eigenvalue weighted by atomic mass is 11.6. The van der Waals surface area contributed by atoms with Crippen molar-refractivity contribution in [2.45, 2.75) is 5.51 Å². The zero-order chi connectivity index (χ0) is 10.2. The van der Waals surface area contributed by atoms with Crippen molar-refractivity contribution in [1.82, 2.24) is 0 Å². The van der Waals surface area contributed by atoms with Crippen LogP contribution in [0.4, 0.5) is 13.2 Å². The molecule has 0 aromatic rings. The van der Waals surface area contributed by atoms with Gasteiger partial charge >= 0.3 is 25.0 Å². The summed E-state index contributed by atoms with van der Waals surface area (Å²) in [5.74, 6) is 0. The van der Waals surface area contributed by atoms with Crippen molar-refractivity contribution in [2.24, 2.45) is 0 Å². The molecule has 0 aliphatic heterocycles. The Morgan fingerprint density at radius 1 is 1.08 bits per heavy atom. The fraction of sp³-hybridized carbons (Fsp3) is 1.00. The molecule has 0 amide bonds. The van der Waals surface area contributed by atoms with Crippen LogP contribution in [-0.2, 0) is 23.1 Å². The van der Waals surface area contributed by atoms with Gasteiger partial charge in [-0.05, 0) is 0 Å². The van der Waals surface area contributed by atoms with E-state index in [9.17, 15) is 30.0 Å². The zero-order valence-electron chi connectivity index (χ0n) is 4.87. The molecule has 0 saturated carbocycles. The van der Waals surface area contributed by atoms with Crippen LogP contribution in [0.15, 0.2) is 0 Å². The van der Waals surface area contributed by atoms with Gasteiger partial charge in [-0.25, -0.2) is 0 Å². The van der Waals surface area contributed by atoms with Crippen LogP contribution in [0.1, 0.15) is 0 Å². The van der Waals surface area contributed by atoms with Crippen LogP contribution in [0.5, 0.6) is 0 Å². The van der Waals surface area contributed by atoms with Gasteiger partial charge in [0.1, 0.15) is 0 Å². The first kappa shape index (κ1) is 11.9. The molecule has 0 radical (unpaired) electrons. The van der Waals surface area contributed by atoms with E-state index < -0.39 is 25.0 Å². The number of hydrogen-bond acceptors (Lipinski definition) is 5. The van der Waals surface area contributed by atoms with Gasteiger partial charge in [0.25, 0.3) is 0 Å². The van der Waals surface area contributed by atoms with E-state index in [4.69, 9.17) is 0 Å². The van der Waals surface area contributed by atoms with Gasteiger partial charge in [-0.15, -0.1) is 3.63 Å². The molecule has 74 valence electrons. The highest BCUT2D eigenvalue weighted by molar-refractivity contribution is 8.15. The van der Waals surface area contributed by atoms with Crippen molar-refractivity contribution in [3.63, 3.8) is 0 Å². The van der Waals surface area contributed by atoms with Crippen LogP contribution >= 0.6 is 10.7 Å². The minimum Gasteiger partial charge on any atom is -0.188 e. The van der Waals surface area contributed by atoms with Crippen molar-refractivity contribution in [2.75, 3.05) is 0 Å². The molecule has 0 rings (SSSR count). The first-order valence-electron chi connectivity index (χ1n) is 1.93. The third kappa shape index (κ3) is 3.56. The topological polar surface area (TPSA) is 77.5 Å². The van der Waals surface area contributed by atoms with Gasteiger partial charge in [-0.3, -0.25) is 0 Å². The Morgan fingerprint density at radius 2 is 1.42 bits per heavy atom. The van der Waals surface area contributed by atoms with Gasteiger partial charge in [-0.2, -0.15) is 30.0 Å². The number of halogens is 4. The van der Waals surface area contributed by atoms with E-state index >= 15 is 0 Å². The van der Waals surface area contributed by atoms with Crippen molar-refractivity contribution in [1.29, 1.82) is 0 Å². The minimum absolute atomic E-state index is 2.57. The second kappa shape index (κ2) is 3.01. The summed E-state index contributed by atoms with van der Waals surface area (Å²) in [5.41, 5.74) is -5.81. The molecular weight excluding hydrogens is 249 g/mol. The van der Waals surface area contributed by atoms with Gasteiger partial charge in [0.15, 0.2) is 0 Å². The molecule has 0 spiro atoms. The van der Waals surface area contributed by atoms with E-state index in [-0.39, 0.29) is 0 Å². The van der Waals surface area contributed by atoms with E-state index in [1.807, 2.05) is 0 Å². The fourth-order valence-corrected chi connectivity index (χ4v) is 1.92. The Labute approximate surface area is 69.8 Å². The normalized spacial score (nSPS) is 14.7. The molecule has 0 aromatic heterocycles. The number of alkyl halides is 3. The Balaban J connectivity index is 4.96.